The van der Waals surface area contributed by atoms with Gasteiger partial charge in [0.15, 0.2) is 5.76 Å². The minimum absolute atomic E-state index is 0.257. The molecule has 1 aliphatic carbocycles. The Balaban J connectivity index is 1.89. The van der Waals surface area contributed by atoms with E-state index in [0.717, 1.165) is 11.3 Å². The van der Waals surface area contributed by atoms with Gasteiger partial charge in [0.1, 0.15) is 5.82 Å². The summed E-state index contributed by atoms with van der Waals surface area (Å²) in [7, 11) is 0. The molecule has 0 N–H and O–H groups in total. The number of benzene rings is 1. The first-order valence-electron chi connectivity index (χ1n) is 7.14. The van der Waals surface area contributed by atoms with Crippen molar-refractivity contribution in [3.05, 3.63) is 41.8 Å². The van der Waals surface area contributed by atoms with Crippen LogP contribution in [-0.2, 0) is 0 Å². The SMILES string of the molecule is CC(C)C1C(c2cc(-c3cccc(F)c3)on2)C1(C)C. The monoisotopic (exact) mass is 273 g/mol. The Labute approximate surface area is 119 Å². The molecule has 2 atom stereocenters. The van der Waals surface area contributed by atoms with E-state index in [2.05, 4.69) is 32.9 Å². The zero-order valence-corrected chi connectivity index (χ0v) is 12.4. The second kappa shape index (κ2) is 4.44. The summed E-state index contributed by atoms with van der Waals surface area (Å²) in [5.41, 5.74) is 2.00. The molecule has 3 rings (SSSR count). The van der Waals surface area contributed by atoms with Crippen LogP contribution in [0, 0.1) is 23.1 Å². The van der Waals surface area contributed by atoms with Crippen LogP contribution in [0.1, 0.15) is 39.3 Å². The van der Waals surface area contributed by atoms with E-state index in [4.69, 9.17) is 4.52 Å². The van der Waals surface area contributed by atoms with Crippen molar-refractivity contribution >= 4 is 0 Å². The fraction of sp³-hybridized carbons (Fsp3) is 0.471. The maximum absolute atomic E-state index is 13.3. The van der Waals surface area contributed by atoms with E-state index in [1.807, 2.05) is 12.1 Å². The molecule has 0 saturated heterocycles. The van der Waals surface area contributed by atoms with Crippen molar-refractivity contribution in [3.63, 3.8) is 0 Å². The van der Waals surface area contributed by atoms with Gasteiger partial charge in [-0.15, -0.1) is 0 Å². The number of hydrogen-bond acceptors (Lipinski definition) is 2. The van der Waals surface area contributed by atoms with E-state index < -0.39 is 0 Å². The minimum Gasteiger partial charge on any atom is -0.356 e. The largest absolute Gasteiger partial charge is 0.356 e. The third-order valence-corrected chi connectivity index (χ3v) is 4.59. The molecule has 0 spiro atoms. The summed E-state index contributed by atoms with van der Waals surface area (Å²) in [6.07, 6.45) is 0. The Morgan fingerprint density at radius 1 is 1.25 bits per heavy atom. The van der Waals surface area contributed by atoms with Gasteiger partial charge in [0.2, 0.25) is 0 Å². The molecule has 0 amide bonds. The summed E-state index contributed by atoms with van der Waals surface area (Å²) in [5, 5.41) is 4.22. The summed E-state index contributed by atoms with van der Waals surface area (Å²) in [4.78, 5) is 0. The molecule has 2 aromatic rings. The van der Waals surface area contributed by atoms with E-state index >= 15 is 0 Å². The number of rotatable bonds is 3. The summed E-state index contributed by atoms with van der Waals surface area (Å²) < 4.78 is 18.7. The van der Waals surface area contributed by atoms with Crippen LogP contribution in [0.2, 0.25) is 0 Å². The fourth-order valence-corrected chi connectivity index (χ4v) is 3.70. The van der Waals surface area contributed by atoms with Crippen molar-refractivity contribution < 1.29 is 8.91 Å². The topological polar surface area (TPSA) is 26.0 Å². The van der Waals surface area contributed by atoms with Gasteiger partial charge >= 0.3 is 0 Å². The predicted octanol–water partition coefficient (Wildman–Crippen LogP) is 4.88. The maximum Gasteiger partial charge on any atom is 0.167 e. The van der Waals surface area contributed by atoms with Gasteiger partial charge in [-0.1, -0.05) is 45.0 Å². The highest BCUT2D eigenvalue weighted by Gasteiger charge is 2.60. The molecule has 1 aromatic heterocycles. The third-order valence-electron chi connectivity index (χ3n) is 4.59. The molecule has 2 unspecified atom stereocenters. The van der Waals surface area contributed by atoms with E-state index in [0.29, 0.717) is 23.5 Å². The van der Waals surface area contributed by atoms with E-state index in [1.165, 1.54) is 12.1 Å². The molecule has 1 aliphatic rings. The second-order valence-electron chi connectivity index (χ2n) is 6.70. The lowest BCUT2D eigenvalue weighted by molar-refractivity contribution is 0.419. The summed E-state index contributed by atoms with van der Waals surface area (Å²) >= 11 is 0. The van der Waals surface area contributed by atoms with Gasteiger partial charge in [-0.2, -0.15) is 0 Å². The quantitative estimate of drug-likeness (QED) is 0.797. The zero-order chi connectivity index (χ0) is 14.5. The van der Waals surface area contributed by atoms with Crippen LogP contribution < -0.4 is 0 Å². The first-order chi connectivity index (χ1) is 9.41. The summed E-state index contributed by atoms with van der Waals surface area (Å²) in [6.45, 7) is 9.05. The average molecular weight is 273 g/mol. The Morgan fingerprint density at radius 3 is 2.60 bits per heavy atom. The van der Waals surface area contributed by atoms with Crippen LogP contribution in [0.5, 0.6) is 0 Å². The highest BCUT2D eigenvalue weighted by molar-refractivity contribution is 5.57. The van der Waals surface area contributed by atoms with Gasteiger partial charge < -0.3 is 4.52 Å². The maximum atomic E-state index is 13.3. The van der Waals surface area contributed by atoms with E-state index in [-0.39, 0.29) is 11.2 Å². The van der Waals surface area contributed by atoms with Crippen molar-refractivity contribution in [2.75, 3.05) is 0 Å². The Hall–Kier alpha value is -1.64. The minimum atomic E-state index is -0.257. The first kappa shape index (κ1) is 13.3. The first-order valence-corrected chi connectivity index (χ1v) is 7.14. The molecule has 20 heavy (non-hydrogen) atoms. The lowest BCUT2D eigenvalue weighted by Gasteiger charge is -2.04. The number of nitrogens with zero attached hydrogens (tertiary/aromatic N) is 1. The number of aromatic nitrogens is 1. The average Bonchev–Trinajstić information content (AvgIpc) is 2.73. The Kier molecular flexibility index (Phi) is 2.96. The molecular formula is C17H20FNO. The van der Waals surface area contributed by atoms with Crippen LogP contribution in [0.15, 0.2) is 34.9 Å². The highest BCUT2D eigenvalue weighted by Crippen LogP contribution is 2.67. The van der Waals surface area contributed by atoms with Crippen LogP contribution in [0.3, 0.4) is 0 Å². The molecule has 1 heterocycles. The van der Waals surface area contributed by atoms with E-state index in [9.17, 15) is 4.39 Å². The molecule has 1 aromatic carbocycles. The molecule has 106 valence electrons. The van der Waals surface area contributed by atoms with Crippen molar-refractivity contribution in [3.8, 4) is 11.3 Å². The summed E-state index contributed by atoms with van der Waals surface area (Å²) in [5.74, 6) is 2.09. The van der Waals surface area contributed by atoms with Crippen LogP contribution in [0.4, 0.5) is 4.39 Å². The standard InChI is InChI=1S/C17H20FNO/c1-10(2)15-16(17(15,3)4)13-9-14(20-19-13)11-6-5-7-12(18)8-11/h5-10,15-16H,1-4H3. The van der Waals surface area contributed by atoms with Crippen molar-refractivity contribution in [2.24, 2.45) is 17.3 Å². The fourth-order valence-electron chi connectivity index (χ4n) is 3.70. The molecule has 2 nitrogen and oxygen atoms in total. The van der Waals surface area contributed by atoms with E-state index in [1.54, 1.807) is 6.07 Å². The molecule has 0 radical (unpaired) electrons. The lowest BCUT2D eigenvalue weighted by Crippen LogP contribution is -1.96. The molecule has 3 heteroatoms. The Morgan fingerprint density at radius 2 is 2.00 bits per heavy atom. The van der Waals surface area contributed by atoms with Crippen LogP contribution >= 0.6 is 0 Å². The van der Waals surface area contributed by atoms with Crippen molar-refractivity contribution in [1.29, 1.82) is 0 Å². The molecular weight excluding hydrogens is 253 g/mol. The van der Waals surface area contributed by atoms with Crippen molar-refractivity contribution in [2.45, 2.75) is 33.6 Å². The highest BCUT2D eigenvalue weighted by atomic mass is 19.1. The number of halogens is 1. The second-order valence-corrected chi connectivity index (χ2v) is 6.70. The van der Waals surface area contributed by atoms with Gasteiger partial charge in [0.25, 0.3) is 0 Å². The van der Waals surface area contributed by atoms with Gasteiger partial charge in [0, 0.05) is 17.5 Å². The lowest BCUT2D eigenvalue weighted by atomic mass is 10.0. The van der Waals surface area contributed by atoms with Gasteiger partial charge in [-0.25, -0.2) is 4.39 Å². The van der Waals surface area contributed by atoms with Gasteiger partial charge in [-0.05, 0) is 29.4 Å². The van der Waals surface area contributed by atoms with Crippen molar-refractivity contribution in [1.82, 2.24) is 5.16 Å². The van der Waals surface area contributed by atoms with Gasteiger partial charge in [0.05, 0.1) is 5.69 Å². The normalized spacial score (nSPS) is 24.1. The number of hydrogen-bond donors (Lipinski definition) is 0. The molecule has 1 fully saturated rings. The van der Waals surface area contributed by atoms with Crippen LogP contribution in [0.25, 0.3) is 11.3 Å². The third kappa shape index (κ3) is 2.05. The van der Waals surface area contributed by atoms with Crippen LogP contribution in [-0.4, -0.2) is 5.16 Å². The molecule has 0 bridgehead atoms. The smallest absolute Gasteiger partial charge is 0.167 e. The predicted molar refractivity (Wildman–Crippen MR) is 76.7 cm³/mol. The van der Waals surface area contributed by atoms with Gasteiger partial charge in [-0.3, -0.25) is 0 Å². The Bertz CT molecular complexity index is 629. The summed E-state index contributed by atoms with van der Waals surface area (Å²) in [6, 6.07) is 8.39. The molecule has 0 aliphatic heterocycles. The zero-order valence-electron chi connectivity index (χ0n) is 12.4. The molecule has 1 saturated carbocycles.